The van der Waals surface area contributed by atoms with Gasteiger partial charge in [-0.2, -0.15) is 0 Å². The summed E-state index contributed by atoms with van der Waals surface area (Å²) in [6.07, 6.45) is -2.79. The fourth-order valence-electron chi connectivity index (χ4n) is 1.92. The Morgan fingerprint density at radius 3 is 2.59 bits per heavy atom. The minimum atomic E-state index is -1.76. The summed E-state index contributed by atoms with van der Waals surface area (Å²) in [5.41, 5.74) is 3.84. The highest BCUT2D eigenvalue weighted by molar-refractivity contribution is 5.01. The smallest absolute Gasteiger partial charge is 0.296 e. The molecule has 0 aromatic heterocycles. The van der Waals surface area contributed by atoms with E-state index in [4.69, 9.17) is 15.2 Å². The van der Waals surface area contributed by atoms with Crippen LogP contribution in [0.4, 0.5) is 0 Å². The third kappa shape index (κ3) is 2.07. The topological polar surface area (TPSA) is 149 Å². The summed E-state index contributed by atoms with van der Waals surface area (Å²) >= 11 is 0. The van der Waals surface area contributed by atoms with Gasteiger partial charge in [0, 0.05) is 0 Å². The largest absolute Gasteiger partial charge is 0.369 e. The van der Waals surface area contributed by atoms with Crippen molar-refractivity contribution < 1.29 is 29.3 Å². The lowest BCUT2D eigenvalue weighted by Gasteiger charge is -2.24. The molecule has 0 amide bonds. The first-order valence-electron chi connectivity index (χ1n) is 4.59. The first-order valence-corrected chi connectivity index (χ1v) is 4.59. The van der Waals surface area contributed by atoms with Crippen molar-refractivity contribution in [3.8, 4) is 0 Å². The van der Waals surface area contributed by atoms with Gasteiger partial charge in [-0.25, -0.2) is 0 Å². The Kier molecular flexibility index (Phi) is 2.73. The maximum absolute atomic E-state index is 10.3. The second kappa shape index (κ2) is 3.94. The van der Waals surface area contributed by atoms with Crippen molar-refractivity contribution in [3.05, 3.63) is 20.2 Å². The highest BCUT2D eigenvalue weighted by atomic mass is 17.0. The van der Waals surface area contributed by atoms with Gasteiger partial charge in [-0.15, -0.1) is 20.2 Å². The molecule has 17 heavy (non-hydrogen) atoms. The molecule has 11 nitrogen and oxygen atoms in total. The molecule has 0 aromatic rings. The van der Waals surface area contributed by atoms with Gasteiger partial charge in [-0.3, -0.25) is 10.6 Å². The molecule has 0 radical (unpaired) electrons. The van der Waals surface area contributed by atoms with Crippen LogP contribution in [0.15, 0.2) is 0 Å². The van der Waals surface area contributed by atoms with Crippen molar-refractivity contribution in [3.63, 3.8) is 0 Å². The Morgan fingerprint density at radius 2 is 2.00 bits per heavy atom. The van der Waals surface area contributed by atoms with Crippen LogP contribution in [0.2, 0.25) is 0 Å². The van der Waals surface area contributed by atoms with Crippen molar-refractivity contribution in [2.45, 2.75) is 24.0 Å². The molecule has 4 atom stereocenters. The predicted octanol–water partition coefficient (Wildman–Crippen LogP) is -1.78. The van der Waals surface area contributed by atoms with Crippen LogP contribution in [0, 0.1) is 20.2 Å². The van der Waals surface area contributed by atoms with Crippen LogP contribution in [0.1, 0.15) is 0 Å². The van der Waals surface area contributed by atoms with Gasteiger partial charge in [0.1, 0.15) is 12.2 Å². The molecule has 0 bridgehead atoms. The van der Waals surface area contributed by atoms with E-state index >= 15 is 0 Å². The van der Waals surface area contributed by atoms with Crippen molar-refractivity contribution in [1.82, 2.24) is 0 Å². The van der Waals surface area contributed by atoms with Crippen LogP contribution in [0.5, 0.6) is 0 Å². The molecule has 2 heterocycles. The zero-order valence-electron chi connectivity index (χ0n) is 8.38. The average Bonchev–Trinajstić information content (AvgIpc) is 2.69. The number of hydrogen-bond acceptors (Lipinski definition) is 9. The van der Waals surface area contributed by atoms with Crippen molar-refractivity contribution in [2.24, 2.45) is 5.73 Å². The fraction of sp³-hybridized carbons (Fsp3) is 1.00. The van der Waals surface area contributed by atoms with Crippen LogP contribution in [-0.4, -0.2) is 47.4 Å². The zero-order chi connectivity index (χ0) is 12.6. The fourth-order valence-corrected chi connectivity index (χ4v) is 1.92. The first-order chi connectivity index (χ1) is 7.92. The van der Waals surface area contributed by atoms with Gasteiger partial charge in [0.05, 0.1) is 13.2 Å². The van der Waals surface area contributed by atoms with E-state index in [0.29, 0.717) is 0 Å². The second-order valence-electron chi connectivity index (χ2n) is 3.67. The molecule has 0 aromatic carbocycles. The second-order valence-corrected chi connectivity index (χ2v) is 3.67. The van der Waals surface area contributed by atoms with Gasteiger partial charge in [0.25, 0.3) is 10.2 Å². The van der Waals surface area contributed by atoms with Gasteiger partial charge in [-0.05, 0) is 0 Å². The van der Waals surface area contributed by atoms with E-state index in [2.05, 4.69) is 9.68 Å². The van der Waals surface area contributed by atoms with E-state index in [1.807, 2.05) is 0 Å². The van der Waals surface area contributed by atoms with Gasteiger partial charge >= 0.3 is 0 Å². The van der Waals surface area contributed by atoms with E-state index in [0.717, 1.165) is 0 Å². The zero-order valence-corrected chi connectivity index (χ0v) is 8.38. The van der Waals surface area contributed by atoms with Gasteiger partial charge in [0.2, 0.25) is 5.72 Å². The van der Waals surface area contributed by atoms with E-state index < -0.39 is 34.2 Å². The quantitative estimate of drug-likeness (QED) is 0.347. The Balaban J connectivity index is 2.06. The molecular formula is C6H9N3O8. The molecule has 0 aliphatic carbocycles. The van der Waals surface area contributed by atoms with Crippen LogP contribution < -0.4 is 5.73 Å². The molecule has 11 heteroatoms. The van der Waals surface area contributed by atoms with Crippen molar-refractivity contribution in [1.29, 1.82) is 0 Å². The minimum absolute atomic E-state index is 0.143. The maximum Gasteiger partial charge on any atom is 0.296 e. The molecule has 0 unspecified atom stereocenters. The van der Waals surface area contributed by atoms with E-state index in [-0.39, 0.29) is 13.2 Å². The lowest BCUT2D eigenvalue weighted by molar-refractivity contribution is -0.782. The Hall–Kier alpha value is -1.72. The van der Waals surface area contributed by atoms with Crippen LogP contribution in [-0.2, 0) is 19.1 Å². The molecule has 2 fully saturated rings. The Labute approximate surface area is 93.6 Å². The number of hydrogen-bond donors (Lipinski definition) is 1. The van der Waals surface area contributed by atoms with E-state index in [9.17, 15) is 20.2 Å². The summed E-state index contributed by atoms with van der Waals surface area (Å²) in [4.78, 5) is 29.1. The summed E-state index contributed by atoms with van der Waals surface area (Å²) in [7, 11) is 0. The van der Waals surface area contributed by atoms with Gasteiger partial charge < -0.3 is 14.3 Å². The summed E-state index contributed by atoms with van der Waals surface area (Å²) in [5.74, 6) is 0. The average molecular weight is 251 g/mol. The third-order valence-corrected chi connectivity index (χ3v) is 2.55. The summed E-state index contributed by atoms with van der Waals surface area (Å²) in [5, 5.41) is 18.4. The van der Waals surface area contributed by atoms with Crippen molar-refractivity contribution in [2.75, 3.05) is 13.2 Å². The molecule has 2 aliphatic rings. The van der Waals surface area contributed by atoms with E-state index in [1.54, 1.807) is 0 Å². The molecule has 0 spiro atoms. The van der Waals surface area contributed by atoms with Gasteiger partial charge in [0.15, 0.2) is 6.10 Å². The monoisotopic (exact) mass is 251 g/mol. The minimum Gasteiger partial charge on any atom is -0.369 e. The first kappa shape index (κ1) is 11.8. The number of nitrogens with zero attached hydrogens (tertiary/aromatic N) is 2. The van der Waals surface area contributed by atoms with Gasteiger partial charge in [-0.1, -0.05) is 0 Å². The Morgan fingerprint density at radius 1 is 1.29 bits per heavy atom. The lowest BCUT2D eigenvalue weighted by Crippen LogP contribution is -2.55. The molecule has 0 saturated carbocycles. The summed E-state index contributed by atoms with van der Waals surface area (Å²) < 4.78 is 10.2. The number of ether oxygens (including phenoxy) is 2. The number of nitrogens with two attached hydrogens (primary N) is 1. The molecule has 2 rings (SSSR count). The van der Waals surface area contributed by atoms with E-state index in [1.165, 1.54) is 0 Å². The molecule has 2 aliphatic heterocycles. The maximum atomic E-state index is 10.3. The Bertz CT molecular complexity index is 350. The van der Waals surface area contributed by atoms with Crippen LogP contribution in [0.25, 0.3) is 0 Å². The highest BCUT2D eigenvalue weighted by Gasteiger charge is 2.58. The highest BCUT2D eigenvalue weighted by Crippen LogP contribution is 2.34. The summed E-state index contributed by atoms with van der Waals surface area (Å²) in [6, 6.07) is 0. The van der Waals surface area contributed by atoms with Crippen LogP contribution >= 0.6 is 0 Å². The molecular weight excluding hydrogens is 242 g/mol. The normalized spacial score (nSPS) is 39.7. The molecule has 2 saturated heterocycles. The van der Waals surface area contributed by atoms with Crippen molar-refractivity contribution >= 4 is 0 Å². The standard InChI is InChI=1S/C6H9N3O8/c7-6(17-9(12)13)2-15-4-3(16-8(10)11)1-14-5(4)6/h3-5H,1-2,7H2/t3-,4-,5+,6+/m1/s1. The third-order valence-electron chi connectivity index (χ3n) is 2.55. The van der Waals surface area contributed by atoms with Crippen LogP contribution in [0.3, 0.4) is 0 Å². The molecule has 96 valence electrons. The predicted molar refractivity (Wildman–Crippen MR) is 46.3 cm³/mol. The number of rotatable bonds is 4. The number of fused-ring (bicyclic) bond motifs is 1. The molecule has 2 N–H and O–H groups in total. The SMILES string of the molecule is N[C@]1(O[N+](=O)[O-])CO[C@@H]2[C@H](O[N+](=O)[O-])CO[C@@H]21. The lowest BCUT2D eigenvalue weighted by atomic mass is 10.1. The summed E-state index contributed by atoms with van der Waals surface area (Å²) in [6.45, 7) is -0.447.